The highest BCUT2D eigenvalue weighted by atomic mass is 32.1. The van der Waals surface area contributed by atoms with Crippen LogP contribution in [0.25, 0.3) is 10.6 Å². The number of thiophene rings is 1. The molecule has 0 amide bonds. The number of oxazole rings is 1. The number of anilines is 1. The summed E-state index contributed by atoms with van der Waals surface area (Å²) in [6.07, 6.45) is 1.52. The van der Waals surface area contributed by atoms with E-state index >= 15 is 0 Å². The van der Waals surface area contributed by atoms with Gasteiger partial charge >= 0.3 is 5.97 Å². The highest BCUT2D eigenvalue weighted by Gasteiger charge is 2.12. The molecule has 0 saturated heterocycles. The number of rotatable bonds is 2. The van der Waals surface area contributed by atoms with E-state index in [0.29, 0.717) is 10.6 Å². The Kier molecular flexibility index (Phi) is 2.42. The standard InChI is InChI=1S/C9H8N2O3S/c1-13-8(12)7-3-2-6(15-7)5-4-11-9(10)14-5/h2-4H,1H3,(H2,10,11). The van der Waals surface area contributed by atoms with Crippen molar-refractivity contribution in [2.24, 2.45) is 0 Å². The highest BCUT2D eigenvalue weighted by Crippen LogP contribution is 2.29. The smallest absolute Gasteiger partial charge is 0.348 e. The molecule has 2 aromatic rings. The second-order valence-corrected chi connectivity index (χ2v) is 3.80. The molecule has 0 atom stereocenters. The Balaban J connectivity index is 2.31. The van der Waals surface area contributed by atoms with E-state index in [1.165, 1.54) is 24.6 Å². The molecular weight excluding hydrogens is 216 g/mol. The van der Waals surface area contributed by atoms with Gasteiger partial charge in [-0.3, -0.25) is 0 Å². The number of hydrogen-bond donors (Lipinski definition) is 1. The van der Waals surface area contributed by atoms with Gasteiger partial charge in [-0.2, -0.15) is 0 Å². The normalized spacial score (nSPS) is 10.2. The topological polar surface area (TPSA) is 78.3 Å². The minimum Gasteiger partial charge on any atom is -0.465 e. The average molecular weight is 224 g/mol. The molecule has 0 aliphatic carbocycles. The zero-order valence-electron chi connectivity index (χ0n) is 7.89. The van der Waals surface area contributed by atoms with Crippen LogP contribution in [0.5, 0.6) is 0 Å². The van der Waals surface area contributed by atoms with Gasteiger partial charge in [-0.05, 0) is 12.1 Å². The Hall–Kier alpha value is -1.82. The maximum atomic E-state index is 11.2. The predicted molar refractivity (Wildman–Crippen MR) is 55.6 cm³/mol. The summed E-state index contributed by atoms with van der Waals surface area (Å²) >= 11 is 1.27. The minimum absolute atomic E-state index is 0.109. The number of methoxy groups -OCH3 is 1. The zero-order chi connectivity index (χ0) is 10.8. The molecule has 15 heavy (non-hydrogen) atoms. The molecular formula is C9H8N2O3S. The van der Waals surface area contributed by atoms with Crippen molar-refractivity contribution in [2.45, 2.75) is 0 Å². The van der Waals surface area contributed by atoms with Crippen LogP contribution in [-0.2, 0) is 4.74 Å². The van der Waals surface area contributed by atoms with E-state index in [1.807, 2.05) is 0 Å². The maximum absolute atomic E-state index is 11.2. The van der Waals surface area contributed by atoms with Crippen LogP contribution in [0.1, 0.15) is 9.67 Å². The number of aromatic nitrogens is 1. The third-order valence-corrected chi connectivity index (χ3v) is 2.84. The molecule has 2 heterocycles. The van der Waals surface area contributed by atoms with E-state index in [9.17, 15) is 4.79 Å². The van der Waals surface area contributed by atoms with Crippen molar-refractivity contribution in [1.29, 1.82) is 0 Å². The molecule has 0 spiro atoms. The number of hydrogen-bond acceptors (Lipinski definition) is 6. The van der Waals surface area contributed by atoms with Gasteiger partial charge in [-0.25, -0.2) is 9.78 Å². The second kappa shape index (κ2) is 3.74. The number of nitrogens with zero attached hydrogens (tertiary/aromatic N) is 1. The Morgan fingerprint density at radius 3 is 3.00 bits per heavy atom. The fraction of sp³-hybridized carbons (Fsp3) is 0.111. The van der Waals surface area contributed by atoms with Crippen LogP contribution in [0, 0.1) is 0 Å². The number of ether oxygens (including phenoxy) is 1. The van der Waals surface area contributed by atoms with Crippen LogP contribution in [0.3, 0.4) is 0 Å². The summed E-state index contributed by atoms with van der Waals surface area (Å²) < 4.78 is 9.71. The van der Waals surface area contributed by atoms with Crippen molar-refractivity contribution < 1.29 is 13.9 Å². The molecule has 0 unspecified atom stereocenters. The van der Waals surface area contributed by atoms with E-state index < -0.39 is 0 Å². The molecule has 0 bridgehead atoms. The Morgan fingerprint density at radius 2 is 2.40 bits per heavy atom. The number of nitrogens with two attached hydrogens (primary N) is 1. The summed E-state index contributed by atoms with van der Waals surface area (Å²) in [4.78, 5) is 16.3. The molecule has 5 nitrogen and oxygen atoms in total. The van der Waals surface area contributed by atoms with Crippen molar-refractivity contribution in [3.05, 3.63) is 23.2 Å². The van der Waals surface area contributed by atoms with Crippen molar-refractivity contribution in [2.75, 3.05) is 12.8 Å². The molecule has 6 heteroatoms. The molecule has 0 aliphatic rings. The van der Waals surface area contributed by atoms with E-state index in [2.05, 4.69) is 9.72 Å². The largest absolute Gasteiger partial charge is 0.465 e. The quantitative estimate of drug-likeness (QED) is 0.786. The summed E-state index contributed by atoms with van der Waals surface area (Å²) in [5.41, 5.74) is 5.34. The van der Waals surface area contributed by atoms with Crippen LogP contribution >= 0.6 is 11.3 Å². The van der Waals surface area contributed by atoms with E-state index in [-0.39, 0.29) is 12.0 Å². The Morgan fingerprint density at radius 1 is 1.60 bits per heavy atom. The molecule has 0 saturated carbocycles. The first kappa shape index (κ1) is 9.72. The summed E-state index contributed by atoms with van der Waals surface area (Å²) in [7, 11) is 1.34. The van der Waals surface area contributed by atoms with Crippen molar-refractivity contribution in [1.82, 2.24) is 4.98 Å². The molecule has 2 aromatic heterocycles. The lowest BCUT2D eigenvalue weighted by molar-refractivity contribution is 0.0606. The van der Waals surface area contributed by atoms with Gasteiger partial charge < -0.3 is 14.9 Å². The monoisotopic (exact) mass is 224 g/mol. The summed E-state index contributed by atoms with van der Waals surface area (Å²) in [6, 6.07) is 3.54. The van der Waals surface area contributed by atoms with E-state index in [1.54, 1.807) is 12.1 Å². The lowest BCUT2D eigenvalue weighted by Crippen LogP contribution is -1.96. The first-order valence-electron chi connectivity index (χ1n) is 4.10. The van der Waals surface area contributed by atoms with Crippen LogP contribution < -0.4 is 5.73 Å². The first-order valence-corrected chi connectivity index (χ1v) is 4.92. The van der Waals surface area contributed by atoms with Crippen LogP contribution in [-0.4, -0.2) is 18.1 Å². The molecule has 0 fully saturated rings. The van der Waals surface area contributed by atoms with Crippen LogP contribution in [0.2, 0.25) is 0 Å². The number of esters is 1. The molecule has 0 radical (unpaired) electrons. The molecule has 78 valence electrons. The predicted octanol–water partition coefficient (Wildman–Crippen LogP) is 1.77. The van der Waals surface area contributed by atoms with Gasteiger partial charge in [0.05, 0.1) is 18.2 Å². The molecule has 2 N–H and O–H groups in total. The molecule has 0 aromatic carbocycles. The first-order chi connectivity index (χ1) is 7.20. The van der Waals surface area contributed by atoms with E-state index in [0.717, 1.165) is 4.88 Å². The van der Waals surface area contributed by atoms with Crippen molar-refractivity contribution >= 4 is 23.3 Å². The maximum Gasteiger partial charge on any atom is 0.348 e. The summed E-state index contributed by atoms with van der Waals surface area (Å²) in [6.45, 7) is 0. The van der Waals surface area contributed by atoms with Crippen LogP contribution in [0.15, 0.2) is 22.7 Å². The van der Waals surface area contributed by atoms with E-state index in [4.69, 9.17) is 10.2 Å². The molecule has 2 rings (SSSR count). The van der Waals surface area contributed by atoms with Crippen LogP contribution in [0.4, 0.5) is 6.01 Å². The Bertz CT molecular complexity index is 489. The van der Waals surface area contributed by atoms with Gasteiger partial charge in [-0.1, -0.05) is 0 Å². The van der Waals surface area contributed by atoms with Gasteiger partial charge in [0.1, 0.15) is 4.88 Å². The van der Waals surface area contributed by atoms with Gasteiger partial charge in [0.15, 0.2) is 5.76 Å². The number of carbonyl (C=O) groups is 1. The lowest BCUT2D eigenvalue weighted by atomic mass is 10.4. The SMILES string of the molecule is COC(=O)c1ccc(-c2cnc(N)o2)s1. The minimum atomic E-state index is -0.362. The van der Waals surface area contributed by atoms with Gasteiger partial charge in [-0.15, -0.1) is 11.3 Å². The fourth-order valence-corrected chi connectivity index (χ4v) is 1.95. The van der Waals surface area contributed by atoms with Crippen molar-refractivity contribution in [3.8, 4) is 10.6 Å². The number of nitrogen functional groups attached to an aromatic ring is 1. The van der Waals surface area contributed by atoms with Gasteiger partial charge in [0.25, 0.3) is 6.01 Å². The third-order valence-electron chi connectivity index (χ3n) is 1.76. The van der Waals surface area contributed by atoms with Crippen molar-refractivity contribution in [3.63, 3.8) is 0 Å². The highest BCUT2D eigenvalue weighted by molar-refractivity contribution is 7.17. The third kappa shape index (κ3) is 1.84. The summed E-state index contributed by atoms with van der Waals surface area (Å²) in [5, 5.41) is 0. The fourth-order valence-electron chi connectivity index (χ4n) is 1.08. The second-order valence-electron chi connectivity index (χ2n) is 2.72. The summed E-state index contributed by atoms with van der Waals surface area (Å²) in [5.74, 6) is 0.186. The van der Waals surface area contributed by atoms with Gasteiger partial charge in [0.2, 0.25) is 0 Å². The number of carbonyl (C=O) groups excluding carboxylic acids is 1. The lowest BCUT2D eigenvalue weighted by Gasteiger charge is -1.91. The zero-order valence-corrected chi connectivity index (χ0v) is 8.71. The van der Waals surface area contributed by atoms with Gasteiger partial charge in [0, 0.05) is 0 Å². The average Bonchev–Trinajstić information content (AvgIpc) is 2.84. The Labute approximate surface area is 89.5 Å². The molecule has 0 aliphatic heterocycles.